The monoisotopic (exact) mass is 283 g/mol. The molecule has 112 valence electrons. The van der Waals surface area contributed by atoms with E-state index in [0.29, 0.717) is 12.8 Å². The van der Waals surface area contributed by atoms with Crippen molar-refractivity contribution in [2.75, 3.05) is 6.54 Å². The summed E-state index contributed by atoms with van der Waals surface area (Å²) in [5, 5.41) is 13.8. The number of carbonyl (C=O) groups is 1. The van der Waals surface area contributed by atoms with Crippen LogP contribution in [0.1, 0.15) is 39.0 Å². The van der Waals surface area contributed by atoms with Crippen LogP contribution in [0.25, 0.3) is 0 Å². The van der Waals surface area contributed by atoms with Crippen molar-refractivity contribution < 1.29 is 23.2 Å². The van der Waals surface area contributed by atoms with Gasteiger partial charge in [0.15, 0.2) is 5.84 Å². The zero-order valence-electron chi connectivity index (χ0n) is 10.8. The molecule has 0 bridgehead atoms. The van der Waals surface area contributed by atoms with E-state index in [1.165, 1.54) is 0 Å². The molecule has 0 heterocycles. The van der Waals surface area contributed by atoms with Crippen LogP contribution in [0.5, 0.6) is 0 Å². The van der Waals surface area contributed by atoms with Crippen LogP contribution < -0.4 is 11.1 Å². The molecule has 0 aliphatic heterocycles. The SMILES string of the molecule is CCCC(C(=O)NCCCCC(F)(F)F)C(N)=NO. The predicted molar refractivity (Wildman–Crippen MR) is 64.7 cm³/mol. The molecule has 0 saturated heterocycles. The molecule has 0 spiro atoms. The van der Waals surface area contributed by atoms with E-state index in [1.54, 1.807) is 0 Å². The minimum atomic E-state index is -4.16. The molecule has 0 radical (unpaired) electrons. The van der Waals surface area contributed by atoms with E-state index in [-0.39, 0.29) is 25.2 Å². The van der Waals surface area contributed by atoms with Gasteiger partial charge in [0.25, 0.3) is 0 Å². The maximum Gasteiger partial charge on any atom is 0.389 e. The van der Waals surface area contributed by atoms with Crippen LogP contribution in [0.3, 0.4) is 0 Å². The van der Waals surface area contributed by atoms with E-state index in [4.69, 9.17) is 10.9 Å². The lowest BCUT2D eigenvalue weighted by molar-refractivity contribution is -0.135. The van der Waals surface area contributed by atoms with Gasteiger partial charge in [0.1, 0.15) is 0 Å². The van der Waals surface area contributed by atoms with Gasteiger partial charge < -0.3 is 16.3 Å². The van der Waals surface area contributed by atoms with Gasteiger partial charge in [0.2, 0.25) is 5.91 Å². The largest absolute Gasteiger partial charge is 0.409 e. The van der Waals surface area contributed by atoms with E-state index < -0.39 is 24.4 Å². The zero-order chi connectivity index (χ0) is 14.9. The summed E-state index contributed by atoms with van der Waals surface area (Å²) in [7, 11) is 0. The maximum atomic E-state index is 11.9. The van der Waals surface area contributed by atoms with Crippen molar-refractivity contribution in [1.82, 2.24) is 5.32 Å². The van der Waals surface area contributed by atoms with Crippen molar-refractivity contribution in [3.63, 3.8) is 0 Å². The quantitative estimate of drug-likeness (QED) is 0.209. The second-order valence-corrected chi connectivity index (χ2v) is 4.23. The second kappa shape index (κ2) is 8.60. The Morgan fingerprint density at radius 1 is 1.42 bits per heavy atom. The maximum absolute atomic E-state index is 11.9. The Kier molecular flexibility index (Phi) is 7.94. The number of nitrogens with two attached hydrogens (primary N) is 1. The standard InChI is InChI=1S/C11H20F3N3O2/c1-2-5-8(9(15)17-19)10(18)16-7-4-3-6-11(12,13)14/h8,19H,2-7H2,1H3,(H2,15,17)(H,16,18). The van der Waals surface area contributed by atoms with E-state index >= 15 is 0 Å². The lowest BCUT2D eigenvalue weighted by Gasteiger charge is -2.14. The third kappa shape index (κ3) is 8.28. The highest BCUT2D eigenvalue weighted by Gasteiger charge is 2.26. The van der Waals surface area contributed by atoms with Gasteiger partial charge in [-0.1, -0.05) is 18.5 Å². The van der Waals surface area contributed by atoms with Crippen LogP contribution >= 0.6 is 0 Å². The molecule has 4 N–H and O–H groups in total. The molecule has 0 aromatic carbocycles. The number of amidine groups is 1. The number of oxime groups is 1. The van der Waals surface area contributed by atoms with Crippen molar-refractivity contribution in [1.29, 1.82) is 0 Å². The highest BCUT2D eigenvalue weighted by atomic mass is 19.4. The fourth-order valence-electron chi connectivity index (χ4n) is 1.56. The number of amides is 1. The molecular weight excluding hydrogens is 263 g/mol. The molecule has 5 nitrogen and oxygen atoms in total. The van der Waals surface area contributed by atoms with Crippen LogP contribution in [-0.4, -0.2) is 29.7 Å². The summed E-state index contributed by atoms with van der Waals surface area (Å²) in [5.74, 6) is -1.35. The van der Waals surface area contributed by atoms with E-state index in [9.17, 15) is 18.0 Å². The average Bonchev–Trinajstić information content (AvgIpc) is 2.33. The fourth-order valence-corrected chi connectivity index (χ4v) is 1.56. The lowest BCUT2D eigenvalue weighted by Crippen LogP contribution is -2.39. The number of nitrogens with one attached hydrogen (secondary N) is 1. The first-order valence-corrected chi connectivity index (χ1v) is 6.13. The van der Waals surface area contributed by atoms with Gasteiger partial charge in [-0.25, -0.2) is 0 Å². The molecule has 1 amide bonds. The number of alkyl halides is 3. The topological polar surface area (TPSA) is 87.7 Å². The summed E-state index contributed by atoms with van der Waals surface area (Å²) in [6.07, 6.45) is -3.73. The molecule has 19 heavy (non-hydrogen) atoms. The van der Waals surface area contributed by atoms with Gasteiger partial charge in [0, 0.05) is 13.0 Å². The number of carbonyl (C=O) groups excluding carboxylic acids is 1. The molecule has 1 atom stereocenters. The molecule has 0 aliphatic carbocycles. The Morgan fingerprint density at radius 3 is 2.53 bits per heavy atom. The van der Waals surface area contributed by atoms with Crippen LogP contribution in [0.4, 0.5) is 13.2 Å². The fraction of sp³-hybridized carbons (Fsp3) is 0.818. The number of rotatable bonds is 8. The van der Waals surface area contributed by atoms with Crippen LogP contribution in [-0.2, 0) is 4.79 Å². The number of halogens is 3. The Morgan fingerprint density at radius 2 is 2.05 bits per heavy atom. The van der Waals surface area contributed by atoms with Crippen molar-refractivity contribution in [3.8, 4) is 0 Å². The molecule has 0 fully saturated rings. The number of unbranched alkanes of at least 4 members (excludes halogenated alkanes) is 1. The third-order valence-corrected chi connectivity index (χ3v) is 2.55. The van der Waals surface area contributed by atoms with E-state index in [1.807, 2.05) is 6.92 Å². The Bertz CT molecular complexity index is 306. The van der Waals surface area contributed by atoms with E-state index in [0.717, 1.165) is 0 Å². The molecular formula is C11H20F3N3O2. The summed E-state index contributed by atoms with van der Waals surface area (Å²) >= 11 is 0. The van der Waals surface area contributed by atoms with Gasteiger partial charge >= 0.3 is 6.18 Å². The minimum Gasteiger partial charge on any atom is -0.409 e. The molecule has 0 aromatic rings. The number of hydrogen-bond acceptors (Lipinski definition) is 3. The predicted octanol–water partition coefficient (Wildman–Crippen LogP) is 2.00. The molecule has 1 unspecified atom stereocenters. The Labute approximate surface area is 110 Å². The summed E-state index contributed by atoms with van der Waals surface area (Å²) in [4.78, 5) is 11.7. The van der Waals surface area contributed by atoms with Crippen molar-refractivity contribution in [2.45, 2.75) is 45.2 Å². The minimum absolute atomic E-state index is 0.0359. The Hall–Kier alpha value is -1.47. The number of nitrogens with zero attached hydrogens (tertiary/aromatic N) is 1. The average molecular weight is 283 g/mol. The zero-order valence-corrected chi connectivity index (χ0v) is 10.8. The third-order valence-electron chi connectivity index (χ3n) is 2.55. The van der Waals surface area contributed by atoms with Crippen molar-refractivity contribution in [3.05, 3.63) is 0 Å². The second-order valence-electron chi connectivity index (χ2n) is 4.23. The van der Waals surface area contributed by atoms with Gasteiger partial charge in [0.05, 0.1) is 5.92 Å². The van der Waals surface area contributed by atoms with Crippen molar-refractivity contribution in [2.24, 2.45) is 16.8 Å². The van der Waals surface area contributed by atoms with Gasteiger partial charge in [-0.15, -0.1) is 0 Å². The first-order chi connectivity index (χ1) is 8.81. The summed E-state index contributed by atoms with van der Waals surface area (Å²) in [6.45, 7) is 1.99. The molecule has 0 saturated carbocycles. The Balaban J connectivity index is 4.01. The summed E-state index contributed by atoms with van der Waals surface area (Å²) < 4.78 is 35.6. The highest BCUT2D eigenvalue weighted by molar-refractivity contribution is 6.01. The van der Waals surface area contributed by atoms with Crippen LogP contribution in [0, 0.1) is 5.92 Å². The molecule has 0 aromatic heterocycles. The van der Waals surface area contributed by atoms with Crippen molar-refractivity contribution >= 4 is 11.7 Å². The first kappa shape index (κ1) is 17.5. The van der Waals surface area contributed by atoms with Gasteiger partial charge in [-0.2, -0.15) is 13.2 Å². The van der Waals surface area contributed by atoms with E-state index in [2.05, 4.69) is 10.5 Å². The lowest BCUT2D eigenvalue weighted by atomic mass is 10.0. The van der Waals surface area contributed by atoms with Gasteiger partial charge in [-0.3, -0.25) is 4.79 Å². The molecule has 8 heteroatoms. The highest BCUT2D eigenvalue weighted by Crippen LogP contribution is 2.21. The first-order valence-electron chi connectivity index (χ1n) is 6.13. The smallest absolute Gasteiger partial charge is 0.389 e. The summed E-state index contributed by atoms with van der Waals surface area (Å²) in [5.41, 5.74) is 5.38. The number of hydrogen-bond donors (Lipinski definition) is 3. The van der Waals surface area contributed by atoms with Crippen LogP contribution in [0.2, 0.25) is 0 Å². The molecule has 0 aliphatic rings. The van der Waals surface area contributed by atoms with Gasteiger partial charge in [-0.05, 0) is 19.3 Å². The normalized spacial score (nSPS) is 14.2. The van der Waals surface area contributed by atoms with Crippen LogP contribution in [0.15, 0.2) is 5.16 Å². The molecule has 0 rings (SSSR count). The summed E-state index contributed by atoms with van der Waals surface area (Å²) in [6, 6.07) is 0.